The minimum atomic E-state index is -1.18. The largest absolute Gasteiger partial charge is 0.478 e. The van der Waals surface area contributed by atoms with E-state index < -0.39 is 11.8 Å². The molecule has 0 radical (unpaired) electrons. The average Bonchev–Trinajstić information content (AvgIpc) is 3.00. The van der Waals surface area contributed by atoms with Crippen molar-refractivity contribution in [1.82, 2.24) is 4.90 Å². The van der Waals surface area contributed by atoms with Crippen LogP contribution in [-0.4, -0.2) is 35.0 Å². The van der Waals surface area contributed by atoms with Crippen LogP contribution in [0, 0.1) is 17.7 Å². The van der Waals surface area contributed by atoms with Gasteiger partial charge in [0.2, 0.25) is 5.91 Å². The maximum absolute atomic E-state index is 13.7. The maximum Gasteiger partial charge on any atom is 0.332 e. The van der Waals surface area contributed by atoms with Crippen LogP contribution in [0.1, 0.15) is 37.7 Å². The van der Waals surface area contributed by atoms with Crippen LogP contribution in [0.3, 0.4) is 0 Å². The van der Waals surface area contributed by atoms with Crippen molar-refractivity contribution in [3.63, 3.8) is 0 Å². The van der Waals surface area contributed by atoms with Crippen molar-refractivity contribution in [2.45, 2.75) is 32.1 Å². The fraction of sp³-hybridized carbons (Fsp3) is 0.474. The highest BCUT2D eigenvalue weighted by atomic mass is 19.1. The lowest BCUT2D eigenvalue weighted by molar-refractivity contribution is -0.136. The summed E-state index contributed by atoms with van der Waals surface area (Å²) in [5, 5.41) is 9.36. The molecule has 128 valence electrons. The molecule has 0 bridgehead atoms. The number of aliphatic carboxylic acids is 1. The molecular formula is C19H22FNO3. The third-order valence-corrected chi connectivity index (χ3v) is 5.18. The summed E-state index contributed by atoms with van der Waals surface area (Å²) >= 11 is 0. The summed E-state index contributed by atoms with van der Waals surface area (Å²) in [7, 11) is 0. The zero-order valence-electron chi connectivity index (χ0n) is 13.6. The van der Waals surface area contributed by atoms with Gasteiger partial charge in [-0.15, -0.1) is 0 Å². The van der Waals surface area contributed by atoms with Gasteiger partial charge < -0.3 is 10.0 Å². The molecule has 2 aliphatic rings. The molecule has 0 spiro atoms. The second-order valence-corrected chi connectivity index (χ2v) is 6.78. The highest BCUT2D eigenvalue weighted by Crippen LogP contribution is 2.36. The Labute approximate surface area is 141 Å². The Hall–Kier alpha value is -2.17. The first-order valence-electron chi connectivity index (χ1n) is 8.51. The quantitative estimate of drug-likeness (QED) is 0.861. The van der Waals surface area contributed by atoms with Crippen LogP contribution in [-0.2, 0) is 9.59 Å². The number of hydrogen-bond acceptors (Lipinski definition) is 2. The van der Waals surface area contributed by atoms with Crippen LogP contribution in [0.4, 0.5) is 4.39 Å². The Bertz CT molecular complexity index is 656. The molecule has 1 N–H and O–H groups in total. The van der Waals surface area contributed by atoms with E-state index in [1.54, 1.807) is 17.0 Å². The molecule has 24 heavy (non-hydrogen) atoms. The van der Waals surface area contributed by atoms with Crippen LogP contribution in [0.15, 0.2) is 29.8 Å². The predicted octanol–water partition coefficient (Wildman–Crippen LogP) is 3.33. The molecule has 5 heteroatoms. The zero-order valence-corrected chi connectivity index (χ0v) is 13.6. The van der Waals surface area contributed by atoms with Crippen LogP contribution < -0.4 is 0 Å². The number of hydrogen-bond donors (Lipinski definition) is 1. The van der Waals surface area contributed by atoms with E-state index in [-0.39, 0.29) is 23.5 Å². The van der Waals surface area contributed by atoms with Gasteiger partial charge in [-0.05, 0) is 36.8 Å². The Kier molecular flexibility index (Phi) is 4.97. The molecule has 1 aliphatic heterocycles. The summed E-state index contributed by atoms with van der Waals surface area (Å²) in [5.74, 6) is -0.716. The highest BCUT2D eigenvalue weighted by molar-refractivity contribution is 5.98. The summed E-state index contributed by atoms with van der Waals surface area (Å²) in [5.41, 5.74) is 0.123. The second-order valence-electron chi connectivity index (χ2n) is 6.78. The number of carbonyl (C=O) groups is 2. The first-order chi connectivity index (χ1) is 11.5. The van der Waals surface area contributed by atoms with Crippen molar-refractivity contribution >= 4 is 18.0 Å². The van der Waals surface area contributed by atoms with Crippen molar-refractivity contribution in [3.05, 3.63) is 41.2 Å². The standard InChI is InChI=1S/C19H22FNO3/c20-17-8-4-3-5-13(17)9-16(19(23)24)10-18(22)21-11-14-6-1-2-7-15(14)12-21/h3-5,8-9,14-15H,1-2,6-7,10-12H2,(H,23,24)/b16-9+/t14-,15+. The number of fused-ring (bicyclic) bond motifs is 1. The van der Waals surface area contributed by atoms with Gasteiger partial charge in [0.05, 0.1) is 6.42 Å². The van der Waals surface area contributed by atoms with E-state index in [0.717, 1.165) is 25.9 Å². The van der Waals surface area contributed by atoms with Crippen molar-refractivity contribution in [3.8, 4) is 0 Å². The fourth-order valence-electron chi connectivity index (χ4n) is 3.85. The third-order valence-electron chi connectivity index (χ3n) is 5.18. The highest BCUT2D eigenvalue weighted by Gasteiger charge is 2.36. The topological polar surface area (TPSA) is 57.6 Å². The molecule has 0 unspecified atom stereocenters. The molecule has 4 nitrogen and oxygen atoms in total. The van der Waals surface area contributed by atoms with E-state index in [4.69, 9.17) is 0 Å². The number of rotatable bonds is 4. The molecule has 0 aromatic heterocycles. The smallest absolute Gasteiger partial charge is 0.332 e. The molecule has 1 heterocycles. The summed E-state index contributed by atoms with van der Waals surface area (Å²) < 4.78 is 13.7. The average molecular weight is 331 g/mol. The molecule has 1 aromatic rings. The van der Waals surface area contributed by atoms with Gasteiger partial charge >= 0.3 is 5.97 Å². The molecule has 2 atom stereocenters. The van der Waals surface area contributed by atoms with Gasteiger partial charge in [-0.25, -0.2) is 9.18 Å². The summed E-state index contributed by atoms with van der Waals surface area (Å²) in [6, 6.07) is 5.97. The molecular weight excluding hydrogens is 309 g/mol. The lowest BCUT2D eigenvalue weighted by atomic mass is 9.82. The lowest BCUT2D eigenvalue weighted by Crippen LogP contribution is -2.29. The van der Waals surface area contributed by atoms with Gasteiger partial charge in [0.15, 0.2) is 0 Å². The number of carboxylic acid groups (broad SMARTS) is 1. The van der Waals surface area contributed by atoms with E-state index in [1.807, 2.05) is 0 Å². The Morgan fingerprint density at radius 3 is 2.38 bits per heavy atom. The minimum absolute atomic E-state index is 0.0695. The molecule has 2 fully saturated rings. The van der Waals surface area contributed by atoms with Crippen LogP contribution >= 0.6 is 0 Å². The molecule has 1 aliphatic carbocycles. The lowest BCUT2D eigenvalue weighted by Gasteiger charge is -2.22. The molecule has 1 saturated heterocycles. The van der Waals surface area contributed by atoms with E-state index >= 15 is 0 Å². The van der Waals surface area contributed by atoms with Crippen LogP contribution in [0.25, 0.3) is 6.08 Å². The Balaban J connectivity index is 1.71. The molecule has 3 rings (SSSR count). The number of benzene rings is 1. The van der Waals surface area contributed by atoms with Crippen molar-refractivity contribution in [2.75, 3.05) is 13.1 Å². The zero-order chi connectivity index (χ0) is 17.1. The number of carbonyl (C=O) groups excluding carboxylic acids is 1. The monoisotopic (exact) mass is 331 g/mol. The predicted molar refractivity (Wildman–Crippen MR) is 88.7 cm³/mol. The minimum Gasteiger partial charge on any atom is -0.478 e. The number of halogens is 1. The molecule has 1 amide bonds. The Morgan fingerprint density at radius 1 is 1.17 bits per heavy atom. The summed E-state index contributed by atoms with van der Waals surface area (Å²) in [4.78, 5) is 25.8. The number of carboxylic acids is 1. The first-order valence-corrected chi connectivity index (χ1v) is 8.51. The number of nitrogens with zero attached hydrogens (tertiary/aromatic N) is 1. The van der Waals surface area contributed by atoms with Crippen molar-refractivity contribution in [2.24, 2.45) is 11.8 Å². The second kappa shape index (κ2) is 7.16. The van der Waals surface area contributed by atoms with E-state index in [1.165, 1.54) is 31.1 Å². The van der Waals surface area contributed by atoms with E-state index in [2.05, 4.69) is 0 Å². The third kappa shape index (κ3) is 3.66. The van der Waals surface area contributed by atoms with E-state index in [0.29, 0.717) is 11.8 Å². The number of likely N-dealkylation sites (tertiary alicyclic amines) is 1. The van der Waals surface area contributed by atoms with Crippen LogP contribution in [0.5, 0.6) is 0 Å². The summed E-state index contributed by atoms with van der Waals surface area (Å²) in [6.45, 7) is 1.46. The molecule has 1 aromatic carbocycles. The van der Waals surface area contributed by atoms with Gasteiger partial charge in [0.1, 0.15) is 5.82 Å². The molecule has 1 saturated carbocycles. The number of amides is 1. The van der Waals surface area contributed by atoms with Gasteiger partial charge in [-0.2, -0.15) is 0 Å². The normalized spacial score (nSPS) is 23.9. The SMILES string of the molecule is O=C(O)/C(=C/c1ccccc1F)CC(=O)N1C[C@H]2CCCC[C@H]2C1. The van der Waals surface area contributed by atoms with Crippen LogP contribution in [0.2, 0.25) is 0 Å². The van der Waals surface area contributed by atoms with Gasteiger partial charge in [0, 0.05) is 24.2 Å². The van der Waals surface area contributed by atoms with Crippen molar-refractivity contribution < 1.29 is 19.1 Å². The van der Waals surface area contributed by atoms with E-state index in [9.17, 15) is 19.1 Å². The maximum atomic E-state index is 13.7. The fourth-order valence-corrected chi connectivity index (χ4v) is 3.85. The van der Waals surface area contributed by atoms with Gasteiger partial charge in [-0.3, -0.25) is 4.79 Å². The van der Waals surface area contributed by atoms with Gasteiger partial charge in [-0.1, -0.05) is 31.0 Å². The summed E-state index contributed by atoms with van der Waals surface area (Å²) in [6.07, 6.45) is 5.83. The van der Waals surface area contributed by atoms with Crippen molar-refractivity contribution in [1.29, 1.82) is 0 Å². The Morgan fingerprint density at radius 2 is 1.79 bits per heavy atom. The first kappa shape index (κ1) is 16.7. The van der Waals surface area contributed by atoms with Gasteiger partial charge in [0.25, 0.3) is 0 Å².